The van der Waals surface area contributed by atoms with Crippen LogP contribution < -0.4 is 5.32 Å². The Kier molecular flexibility index (Phi) is 4.74. The van der Waals surface area contributed by atoms with Crippen LogP contribution in [0.5, 0.6) is 0 Å². The molecule has 0 aromatic carbocycles. The van der Waals surface area contributed by atoms with Crippen molar-refractivity contribution in [3.63, 3.8) is 0 Å². The van der Waals surface area contributed by atoms with Gasteiger partial charge < -0.3 is 5.32 Å². The first-order chi connectivity index (χ1) is 6.29. The molecule has 0 aromatic heterocycles. The van der Waals surface area contributed by atoms with E-state index in [1.165, 1.54) is 25.8 Å². The highest BCUT2D eigenvalue weighted by atomic mass is 15.2. The van der Waals surface area contributed by atoms with Crippen molar-refractivity contribution >= 4 is 0 Å². The summed E-state index contributed by atoms with van der Waals surface area (Å²) in [6.07, 6.45) is 4.12. The van der Waals surface area contributed by atoms with Gasteiger partial charge in [-0.2, -0.15) is 0 Å². The molecule has 2 unspecified atom stereocenters. The Morgan fingerprint density at radius 2 is 2.08 bits per heavy atom. The van der Waals surface area contributed by atoms with Crippen LogP contribution in [0.2, 0.25) is 0 Å². The van der Waals surface area contributed by atoms with Crippen LogP contribution in [-0.4, -0.2) is 36.6 Å². The fourth-order valence-corrected chi connectivity index (χ4v) is 2.35. The van der Waals surface area contributed by atoms with E-state index >= 15 is 0 Å². The van der Waals surface area contributed by atoms with Gasteiger partial charge >= 0.3 is 0 Å². The van der Waals surface area contributed by atoms with E-state index in [1.807, 2.05) is 0 Å². The summed E-state index contributed by atoms with van der Waals surface area (Å²) in [4.78, 5) is 2.67. The van der Waals surface area contributed by atoms with Crippen molar-refractivity contribution in [2.24, 2.45) is 0 Å². The third kappa shape index (κ3) is 2.96. The molecule has 2 nitrogen and oxygen atoms in total. The summed E-state index contributed by atoms with van der Waals surface area (Å²) in [6, 6.07) is 1.66. The molecule has 0 spiro atoms. The summed E-state index contributed by atoms with van der Waals surface area (Å²) in [6.45, 7) is 10.3. The molecule has 1 aliphatic rings. The molecule has 0 aliphatic carbocycles. The summed E-state index contributed by atoms with van der Waals surface area (Å²) in [5, 5.41) is 3.40. The molecule has 2 atom stereocenters. The molecule has 1 saturated heterocycles. The van der Waals surface area contributed by atoms with E-state index in [1.54, 1.807) is 0 Å². The molecular formula is C11H24N2. The van der Waals surface area contributed by atoms with E-state index in [-0.39, 0.29) is 0 Å². The second kappa shape index (κ2) is 5.61. The first kappa shape index (κ1) is 11.0. The molecule has 0 aromatic rings. The fraction of sp³-hybridized carbons (Fsp3) is 1.00. The molecule has 2 heteroatoms. The number of rotatable bonds is 5. The van der Waals surface area contributed by atoms with Crippen LogP contribution in [0.1, 0.15) is 40.0 Å². The van der Waals surface area contributed by atoms with E-state index in [0.717, 1.165) is 25.2 Å². The monoisotopic (exact) mass is 184 g/mol. The maximum atomic E-state index is 3.40. The summed E-state index contributed by atoms with van der Waals surface area (Å²) in [7, 11) is 0. The van der Waals surface area contributed by atoms with Crippen LogP contribution in [0.25, 0.3) is 0 Å². The first-order valence-corrected chi connectivity index (χ1v) is 5.76. The Hall–Kier alpha value is -0.0800. The molecule has 1 fully saturated rings. The molecule has 1 rings (SSSR count). The molecular weight excluding hydrogens is 160 g/mol. The number of nitrogens with zero attached hydrogens (tertiary/aromatic N) is 1. The minimum absolute atomic E-state index is 0.809. The molecule has 0 amide bonds. The Morgan fingerprint density at radius 1 is 1.31 bits per heavy atom. The Labute approximate surface area is 82.7 Å². The Bertz CT molecular complexity index is 136. The lowest BCUT2D eigenvalue weighted by Gasteiger charge is -2.27. The predicted octanol–water partition coefficient (Wildman–Crippen LogP) is 1.86. The van der Waals surface area contributed by atoms with Gasteiger partial charge in [0.15, 0.2) is 0 Å². The highest BCUT2D eigenvalue weighted by Gasteiger charge is 2.28. The maximum Gasteiger partial charge on any atom is 0.0113 e. The molecule has 0 bridgehead atoms. The Balaban J connectivity index is 2.27. The van der Waals surface area contributed by atoms with Gasteiger partial charge in [-0.3, -0.25) is 4.90 Å². The van der Waals surface area contributed by atoms with Crippen LogP contribution >= 0.6 is 0 Å². The second-order valence-electron chi connectivity index (χ2n) is 4.08. The topological polar surface area (TPSA) is 15.3 Å². The standard InChI is InChI=1S/C11H24N2/c1-4-11-7-6-10(3)13(11)9-8-12-5-2/h10-12H,4-9H2,1-3H3. The van der Waals surface area contributed by atoms with E-state index in [0.29, 0.717) is 0 Å². The highest BCUT2D eigenvalue weighted by Crippen LogP contribution is 2.24. The third-order valence-corrected chi connectivity index (χ3v) is 3.22. The van der Waals surface area contributed by atoms with Crippen LogP contribution in [0.15, 0.2) is 0 Å². The number of likely N-dealkylation sites (N-methyl/N-ethyl adjacent to an activating group) is 1. The van der Waals surface area contributed by atoms with Crippen molar-refractivity contribution in [2.75, 3.05) is 19.6 Å². The van der Waals surface area contributed by atoms with Gasteiger partial charge in [-0.05, 0) is 32.7 Å². The summed E-state index contributed by atoms with van der Waals surface area (Å²) in [5.41, 5.74) is 0. The van der Waals surface area contributed by atoms with Gasteiger partial charge in [0.1, 0.15) is 0 Å². The lowest BCUT2D eigenvalue weighted by Crippen LogP contribution is -2.39. The van der Waals surface area contributed by atoms with Gasteiger partial charge in [-0.25, -0.2) is 0 Å². The molecule has 1 aliphatic heterocycles. The average molecular weight is 184 g/mol. The smallest absolute Gasteiger partial charge is 0.0113 e. The molecule has 1 heterocycles. The van der Waals surface area contributed by atoms with E-state index in [9.17, 15) is 0 Å². The predicted molar refractivity (Wildman–Crippen MR) is 58.0 cm³/mol. The van der Waals surface area contributed by atoms with Crippen LogP contribution in [0.4, 0.5) is 0 Å². The zero-order chi connectivity index (χ0) is 9.68. The maximum absolute atomic E-state index is 3.40. The van der Waals surface area contributed by atoms with Gasteiger partial charge in [0, 0.05) is 25.2 Å². The largest absolute Gasteiger partial charge is 0.316 e. The van der Waals surface area contributed by atoms with E-state index in [4.69, 9.17) is 0 Å². The SMILES string of the molecule is CCNCCN1C(C)CCC1CC. The molecule has 0 saturated carbocycles. The van der Waals surface area contributed by atoms with Gasteiger partial charge in [0.25, 0.3) is 0 Å². The van der Waals surface area contributed by atoms with Crippen LogP contribution in [0.3, 0.4) is 0 Å². The van der Waals surface area contributed by atoms with Crippen LogP contribution in [-0.2, 0) is 0 Å². The molecule has 78 valence electrons. The zero-order valence-electron chi connectivity index (χ0n) is 9.34. The quantitative estimate of drug-likeness (QED) is 0.656. The molecule has 13 heavy (non-hydrogen) atoms. The lowest BCUT2D eigenvalue weighted by molar-refractivity contribution is 0.199. The van der Waals surface area contributed by atoms with Crippen molar-refractivity contribution in [1.29, 1.82) is 0 Å². The van der Waals surface area contributed by atoms with Gasteiger partial charge in [0.05, 0.1) is 0 Å². The van der Waals surface area contributed by atoms with E-state index < -0.39 is 0 Å². The number of hydrogen-bond donors (Lipinski definition) is 1. The van der Waals surface area contributed by atoms with Crippen molar-refractivity contribution in [3.05, 3.63) is 0 Å². The molecule has 1 N–H and O–H groups in total. The van der Waals surface area contributed by atoms with Gasteiger partial charge in [-0.15, -0.1) is 0 Å². The summed E-state index contributed by atoms with van der Waals surface area (Å²) < 4.78 is 0. The Morgan fingerprint density at radius 3 is 2.69 bits per heavy atom. The van der Waals surface area contributed by atoms with Crippen molar-refractivity contribution in [1.82, 2.24) is 10.2 Å². The number of likely N-dealkylation sites (tertiary alicyclic amines) is 1. The highest BCUT2D eigenvalue weighted by molar-refractivity contribution is 4.84. The first-order valence-electron chi connectivity index (χ1n) is 5.76. The average Bonchev–Trinajstić information content (AvgIpc) is 2.48. The van der Waals surface area contributed by atoms with Gasteiger partial charge in [-0.1, -0.05) is 13.8 Å². The minimum Gasteiger partial charge on any atom is -0.316 e. The summed E-state index contributed by atoms with van der Waals surface area (Å²) >= 11 is 0. The van der Waals surface area contributed by atoms with E-state index in [2.05, 4.69) is 31.0 Å². The fourth-order valence-electron chi connectivity index (χ4n) is 2.35. The summed E-state index contributed by atoms with van der Waals surface area (Å²) in [5.74, 6) is 0. The van der Waals surface area contributed by atoms with Gasteiger partial charge in [0.2, 0.25) is 0 Å². The van der Waals surface area contributed by atoms with Crippen molar-refractivity contribution in [2.45, 2.75) is 52.1 Å². The third-order valence-electron chi connectivity index (χ3n) is 3.22. The second-order valence-corrected chi connectivity index (χ2v) is 4.08. The van der Waals surface area contributed by atoms with Crippen molar-refractivity contribution in [3.8, 4) is 0 Å². The lowest BCUT2D eigenvalue weighted by atomic mass is 10.1. The molecule has 0 radical (unpaired) electrons. The normalized spacial score (nSPS) is 29.8. The van der Waals surface area contributed by atoms with Crippen LogP contribution in [0, 0.1) is 0 Å². The van der Waals surface area contributed by atoms with Crippen molar-refractivity contribution < 1.29 is 0 Å². The minimum atomic E-state index is 0.809. The number of hydrogen-bond acceptors (Lipinski definition) is 2. The zero-order valence-corrected chi connectivity index (χ0v) is 9.34. The number of nitrogens with one attached hydrogen (secondary N) is 1.